The van der Waals surface area contributed by atoms with Crippen LogP contribution in [0.3, 0.4) is 0 Å². The van der Waals surface area contributed by atoms with E-state index in [1.807, 2.05) is 31.3 Å². The normalized spacial score (nSPS) is 11.1. The van der Waals surface area contributed by atoms with Crippen molar-refractivity contribution in [1.82, 2.24) is 9.97 Å². The van der Waals surface area contributed by atoms with Gasteiger partial charge in [-0.05, 0) is 52.7 Å². The maximum absolute atomic E-state index is 14.2. The summed E-state index contributed by atoms with van der Waals surface area (Å²) in [4.78, 5) is 7.18. The summed E-state index contributed by atoms with van der Waals surface area (Å²) >= 11 is 3.51. The summed E-state index contributed by atoms with van der Waals surface area (Å²) in [5, 5.41) is 1.00. The number of hydrogen-bond acceptors (Lipinski definition) is 1. The number of aryl methyl sites for hydroxylation is 1. The molecule has 2 nitrogen and oxygen atoms in total. The van der Waals surface area contributed by atoms with E-state index in [1.165, 1.54) is 0 Å². The van der Waals surface area contributed by atoms with Crippen molar-refractivity contribution in [2.45, 2.75) is 13.3 Å². The maximum Gasteiger partial charge on any atom is 0.129 e. The molecule has 96 valence electrons. The zero-order valence-electron chi connectivity index (χ0n) is 10.4. The van der Waals surface area contributed by atoms with Gasteiger partial charge in [0.1, 0.15) is 5.82 Å². The predicted molar refractivity (Wildman–Crippen MR) is 77.7 cm³/mol. The maximum atomic E-state index is 14.2. The molecule has 3 aromatic rings. The van der Waals surface area contributed by atoms with Crippen molar-refractivity contribution in [3.63, 3.8) is 0 Å². The Balaban J connectivity index is 2.09. The second kappa shape index (κ2) is 4.78. The van der Waals surface area contributed by atoms with Crippen LogP contribution < -0.4 is 0 Å². The number of nitrogens with zero attached hydrogens (tertiary/aromatic N) is 1. The van der Waals surface area contributed by atoms with Gasteiger partial charge in [-0.25, -0.2) is 4.39 Å². The molecular weight excluding hydrogens is 307 g/mol. The Hall–Kier alpha value is -1.68. The first-order valence-corrected chi connectivity index (χ1v) is 6.80. The molecule has 0 atom stereocenters. The molecule has 0 spiro atoms. The Bertz CT molecular complexity index is 749. The molecule has 2 heterocycles. The third-order valence-corrected chi connectivity index (χ3v) is 4.09. The van der Waals surface area contributed by atoms with Crippen molar-refractivity contribution in [3.8, 4) is 0 Å². The van der Waals surface area contributed by atoms with Gasteiger partial charge >= 0.3 is 0 Å². The van der Waals surface area contributed by atoms with Crippen LogP contribution in [0.15, 0.2) is 41.1 Å². The number of aromatic nitrogens is 2. The van der Waals surface area contributed by atoms with Crippen LogP contribution in [-0.4, -0.2) is 9.97 Å². The standard InChI is InChI=1S/C15H12BrFN2/c1-9-6-10(2-4-18-9)7-12-13(17)8-14-11(15(12)16)3-5-19-14/h2-6,8,19H,7H2,1H3. The summed E-state index contributed by atoms with van der Waals surface area (Å²) in [7, 11) is 0. The Kier molecular flexibility index (Phi) is 3.11. The van der Waals surface area contributed by atoms with Crippen molar-refractivity contribution in [3.05, 3.63) is 63.8 Å². The van der Waals surface area contributed by atoms with Gasteiger partial charge in [-0.1, -0.05) is 0 Å². The van der Waals surface area contributed by atoms with Crippen LogP contribution in [-0.2, 0) is 6.42 Å². The second-order valence-corrected chi connectivity index (χ2v) is 5.37. The predicted octanol–water partition coefficient (Wildman–Crippen LogP) is 4.36. The number of pyridine rings is 1. The molecule has 3 rings (SSSR count). The first-order chi connectivity index (χ1) is 9.15. The average molecular weight is 319 g/mol. The van der Waals surface area contributed by atoms with Gasteiger partial charge in [0, 0.05) is 45.4 Å². The highest BCUT2D eigenvalue weighted by Crippen LogP contribution is 2.31. The second-order valence-electron chi connectivity index (χ2n) is 4.57. The number of aromatic amines is 1. The van der Waals surface area contributed by atoms with E-state index in [-0.39, 0.29) is 5.82 Å². The number of rotatable bonds is 2. The lowest BCUT2D eigenvalue weighted by Gasteiger charge is -2.08. The van der Waals surface area contributed by atoms with Crippen LogP contribution in [0.2, 0.25) is 0 Å². The SMILES string of the molecule is Cc1cc(Cc2c(F)cc3[nH]ccc3c2Br)ccn1. The summed E-state index contributed by atoms with van der Waals surface area (Å²) in [6, 6.07) is 7.39. The lowest BCUT2D eigenvalue weighted by molar-refractivity contribution is 0.614. The summed E-state index contributed by atoms with van der Waals surface area (Å²) in [5.41, 5.74) is 3.48. The molecule has 0 saturated carbocycles. The summed E-state index contributed by atoms with van der Waals surface area (Å²) < 4.78 is 15.0. The topological polar surface area (TPSA) is 28.7 Å². The van der Waals surface area contributed by atoms with Crippen LogP contribution >= 0.6 is 15.9 Å². The van der Waals surface area contributed by atoms with E-state index < -0.39 is 0 Å². The Morgan fingerprint density at radius 3 is 2.95 bits per heavy atom. The number of H-pyrrole nitrogens is 1. The molecule has 0 aliphatic heterocycles. The summed E-state index contributed by atoms with van der Waals surface area (Å²) in [5.74, 6) is -0.198. The van der Waals surface area contributed by atoms with Gasteiger partial charge in [-0.15, -0.1) is 0 Å². The lowest BCUT2D eigenvalue weighted by Crippen LogP contribution is -1.96. The molecule has 0 fully saturated rings. The minimum Gasteiger partial charge on any atom is -0.361 e. The van der Waals surface area contributed by atoms with Crippen molar-refractivity contribution in [2.75, 3.05) is 0 Å². The van der Waals surface area contributed by atoms with E-state index in [9.17, 15) is 4.39 Å². The number of benzene rings is 1. The van der Waals surface area contributed by atoms with Crippen LogP contribution in [0, 0.1) is 12.7 Å². The molecule has 0 aliphatic rings. The molecule has 0 amide bonds. The monoisotopic (exact) mass is 318 g/mol. The number of fused-ring (bicyclic) bond motifs is 1. The molecule has 0 unspecified atom stereocenters. The molecule has 1 N–H and O–H groups in total. The molecular formula is C15H12BrFN2. The molecule has 2 aromatic heterocycles. The molecule has 0 bridgehead atoms. The van der Waals surface area contributed by atoms with E-state index in [1.54, 1.807) is 12.3 Å². The molecule has 1 aromatic carbocycles. The van der Waals surface area contributed by atoms with Gasteiger partial charge in [0.05, 0.1) is 0 Å². The van der Waals surface area contributed by atoms with Gasteiger partial charge in [0.2, 0.25) is 0 Å². The largest absolute Gasteiger partial charge is 0.361 e. The van der Waals surface area contributed by atoms with E-state index in [2.05, 4.69) is 25.9 Å². The highest BCUT2D eigenvalue weighted by atomic mass is 79.9. The van der Waals surface area contributed by atoms with E-state index in [0.29, 0.717) is 12.0 Å². The highest BCUT2D eigenvalue weighted by molar-refractivity contribution is 9.10. The first kappa shape index (κ1) is 12.4. The Morgan fingerprint density at radius 2 is 2.16 bits per heavy atom. The molecule has 4 heteroatoms. The molecule has 0 aliphatic carbocycles. The Morgan fingerprint density at radius 1 is 1.32 bits per heavy atom. The third kappa shape index (κ3) is 2.28. The van der Waals surface area contributed by atoms with Crippen molar-refractivity contribution >= 4 is 26.8 Å². The quantitative estimate of drug-likeness (QED) is 0.747. The minimum atomic E-state index is -0.198. The number of hydrogen-bond donors (Lipinski definition) is 1. The van der Waals surface area contributed by atoms with E-state index in [0.717, 1.165) is 26.6 Å². The van der Waals surface area contributed by atoms with Gasteiger partial charge in [0.15, 0.2) is 0 Å². The fourth-order valence-corrected chi connectivity index (χ4v) is 2.93. The van der Waals surface area contributed by atoms with Crippen LogP contribution in [0.1, 0.15) is 16.8 Å². The van der Waals surface area contributed by atoms with Crippen molar-refractivity contribution in [1.29, 1.82) is 0 Å². The average Bonchev–Trinajstić information content (AvgIpc) is 2.83. The first-order valence-electron chi connectivity index (χ1n) is 6.00. The highest BCUT2D eigenvalue weighted by Gasteiger charge is 2.13. The van der Waals surface area contributed by atoms with Crippen LogP contribution in [0.25, 0.3) is 10.9 Å². The summed E-state index contributed by atoms with van der Waals surface area (Å²) in [6.45, 7) is 1.93. The van der Waals surface area contributed by atoms with Crippen molar-refractivity contribution < 1.29 is 4.39 Å². The van der Waals surface area contributed by atoms with Crippen LogP contribution in [0.4, 0.5) is 4.39 Å². The zero-order chi connectivity index (χ0) is 13.4. The van der Waals surface area contributed by atoms with Gasteiger partial charge in [-0.3, -0.25) is 4.98 Å². The molecule has 0 saturated heterocycles. The summed E-state index contributed by atoms with van der Waals surface area (Å²) in [6.07, 6.45) is 4.12. The number of nitrogens with one attached hydrogen (secondary N) is 1. The van der Waals surface area contributed by atoms with Gasteiger partial charge in [-0.2, -0.15) is 0 Å². The van der Waals surface area contributed by atoms with Gasteiger partial charge < -0.3 is 4.98 Å². The smallest absolute Gasteiger partial charge is 0.129 e. The van der Waals surface area contributed by atoms with Gasteiger partial charge in [0.25, 0.3) is 0 Å². The van der Waals surface area contributed by atoms with Crippen LogP contribution in [0.5, 0.6) is 0 Å². The van der Waals surface area contributed by atoms with Crippen molar-refractivity contribution in [2.24, 2.45) is 0 Å². The minimum absolute atomic E-state index is 0.198. The number of halogens is 2. The molecule has 0 radical (unpaired) electrons. The zero-order valence-corrected chi connectivity index (χ0v) is 12.0. The van der Waals surface area contributed by atoms with E-state index >= 15 is 0 Å². The van der Waals surface area contributed by atoms with E-state index in [4.69, 9.17) is 0 Å². The molecule has 19 heavy (non-hydrogen) atoms. The Labute approximate surface area is 118 Å². The fourth-order valence-electron chi connectivity index (χ4n) is 2.25. The third-order valence-electron chi connectivity index (χ3n) is 3.18. The fraction of sp³-hybridized carbons (Fsp3) is 0.133. The lowest BCUT2D eigenvalue weighted by atomic mass is 10.0.